The van der Waals surface area contributed by atoms with E-state index in [2.05, 4.69) is 53.9 Å². The minimum absolute atomic E-state index is 0.0335. The summed E-state index contributed by atoms with van der Waals surface area (Å²) in [5.41, 5.74) is 6.02. The second-order valence-electron chi connectivity index (χ2n) is 8.67. The second-order valence-corrected chi connectivity index (χ2v) is 10.2. The fourth-order valence-electron chi connectivity index (χ4n) is 3.18. The molecule has 5 nitrogen and oxygen atoms in total. The van der Waals surface area contributed by atoms with Crippen LogP contribution in [-0.4, -0.2) is 18.7 Å². The molecule has 3 aromatic carbocycles. The molecule has 0 radical (unpaired) electrons. The van der Waals surface area contributed by atoms with E-state index in [1.165, 1.54) is 5.56 Å². The SMILES string of the molecule is CCOc1cc(/C=N\NC(=O)c2ccc(C(C)(C)C)cc2)cc(I)c1OCc1ccccc1Cl. The lowest BCUT2D eigenvalue weighted by Crippen LogP contribution is -2.18. The van der Waals surface area contributed by atoms with Gasteiger partial charge in [0.05, 0.1) is 16.4 Å². The van der Waals surface area contributed by atoms with Crippen molar-refractivity contribution in [2.45, 2.75) is 39.7 Å². The Morgan fingerprint density at radius 1 is 1.09 bits per heavy atom. The third kappa shape index (κ3) is 6.96. The first-order chi connectivity index (χ1) is 16.2. The number of nitrogens with one attached hydrogen (secondary N) is 1. The molecule has 0 aliphatic heterocycles. The molecule has 0 bridgehead atoms. The third-order valence-corrected chi connectivity index (χ3v) is 6.22. The van der Waals surface area contributed by atoms with Crippen LogP contribution in [0.25, 0.3) is 0 Å². The van der Waals surface area contributed by atoms with Gasteiger partial charge in [-0.15, -0.1) is 0 Å². The van der Waals surface area contributed by atoms with Gasteiger partial charge in [0.15, 0.2) is 11.5 Å². The van der Waals surface area contributed by atoms with Gasteiger partial charge in [-0.05, 0) is 76.4 Å². The predicted octanol–water partition coefficient (Wildman–Crippen LogP) is 6.98. The van der Waals surface area contributed by atoms with Gasteiger partial charge in [-0.25, -0.2) is 5.43 Å². The Morgan fingerprint density at radius 3 is 2.44 bits per heavy atom. The number of hydrogen-bond donors (Lipinski definition) is 1. The Hall–Kier alpha value is -2.58. The quantitative estimate of drug-likeness (QED) is 0.175. The average molecular weight is 591 g/mol. The highest BCUT2D eigenvalue weighted by atomic mass is 127. The molecule has 0 aromatic heterocycles. The number of hydrogen-bond acceptors (Lipinski definition) is 4. The first-order valence-corrected chi connectivity index (χ1v) is 12.4. The van der Waals surface area contributed by atoms with E-state index in [-0.39, 0.29) is 11.3 Å². The lowest BCUT2D eigenvalue weighted by molar-refractivity contribution is 0.0955. The van der Waals surface area contributed by atoms with Crippen molar-refractivity contribution >= 4 is 46.3 Å². The standard InChI is InChI=1S/C27H28ClIN2O3/c1-5-33-24-15-18(14-23(29)25(24)34-17-20-8-6-7-9-22(20)28)16-30-31-26(32)19-10-12-21(13-11-19)27(2,3)4/h6-16H,5,17H2,1-4H3,(H,31,32)/b30-16-. The Kier molecular flexibility index (Phi) is 8.97. The van der Waals surface area contributed by atoms with Crippen LogP contribution in [0.5, 0.6) is 11.5 Å². The average Bonchev–Trinajstić information content (AvgIpc) is 2.79. The van der Waals surface area contributed by atoms with Gasteiger partial charge in [-0.2, -0.15) is 5.10 Å². The molecule has 3 rings (SSSR count). The van der Waals surface area contributed by atoms with E-state index in [9.17, 15) is 4.79 Å². The maximum atomic E-state index is 12.5. The summed E-state index contributed by atoms with van der Waals surface area (Å²) in [5, 5.41) is 4.78. The third-order valence-electron chi connectivity index (χ3n) is 5.05. The van der Waals surface area contributed by atoms with Crippen LogP contribution in [0.1, 0.15) is 54.7 Å². The van der Waals surface area contributed by atoms with Crippen molar-refractivity contribution in [3.05, 3.63) is 91.5 Å². The summed E-state index contributed by atoms with van der Waals surface area (Å²) < 4.78 is 12.7. The molecule has 0 atom stereocenters. The molecule has 0 fully saturated rings. The van der Waals surface area contributed by atoms with Crippen LogP contribution in [0.15, 0.2) is 65.8 Å². The highest BCUT2D eigenvalue weighted by molar-refractivity contribution is 14.1. The van der Waals surface area contributed by atoms with E-state index in [4.69, 9.17) is 21.1 Å². The fourth-order valence-corrected chi connectivity index (χ4v) is 4.15. The molecule has 0 spiro atoms. The number of amides is 1. The summed E-state index contributed by atoms with van der Waals surface area (Å²) in [6.07, 6.45) is 1.59. The summed E-state index contributed by atoms with van der Waals surface area (Å²) in [7, 11) is 0. The first kappa shape index (κ1) is 26.0. The van der Waals surface area contributed by atoms with E-state index in [1.54, 1.807) is 6.21 Å². The van der Waals surface area contributed by atoms with Gasteiger partial charge in [-0.3, -0.25) is 4.79 Å². The molecule has 0 unspecified atom stereocenters. The summed E-state index contributed by atoms with van der Waals surface area (Å²) in [6, 6.07) is 18.9. The van der Waals surface area contributed by atoms with Gasteiger partial charge in [0.1, 0.15) is 6.61 Å². The number of benzene rings is 3. The number of halogens is 2. The number of carbonyl (C=O) groups is 1. The molecule has 1 amide bonds. The second kappa shape index (κ2) is 11.7. The van der Waals surface area contributed by atoms with Crippen molar-refractivity contribution < 1.29 is 14.3 Å². The number of carbonyl (C=O) groups excluding carboxylic acids is 1. The van der Waals surface area contributed by atoms with E-state index in [0.29, 0.717) is 35.3 Å². The number of nitrogens with zero attached hydrogens (tertiary/aromatic N) is 1. The molecular formula is C27H28ClIN2O3. The van der Waals surface area contributed by atoms with Gasteiger partial charge in [0.2, 0.25) is 0 Å². The lowest BCUT2D eigenvalue weighted by Gasteiger charge is -2.18. The zero-order valence-electron chi connectivity index (χ0n) is 19.7. The van der Waals surface area contributed by atoms with Crippen molar-refractivity contribution in [1.29, 1.82) is 0 Å². The molecule has 0 aliphatic carbocycles. The Morgan fingerprint density at radius 2 is 1.79 bits per heavy atom. The van der Waals surface area contributed by atoms with Gasteiger partial charge < -0.3 is 9.47 Å². The van der Waals surface area contributed by atoms with Crippen molar-refractivity contribution in [2.75, 3.05) is 6.61 Å². The minimum Gasteiger partial charge on any atom is -0.490 e. The molecule has 0 aliphatic rings. The number of rotatable bonds is 8. The van der Waals surface area contributed by atoms with Gasteiger partial charge in [-0.1, -0.05) is 62.7 Å². The van der Waals surface area contributed by atoms with Crippen LogP contribution in [-0.2, 0) is 12.0 Å². The molecule has 7 heteroatoms. The molecule has 0 saturated heterocycles. The smallest absolute Gasteiger partial charge is 0.271 e. The van der Waals surface area contributed by atoms with Crippen LogP contribution < -0.4 is 14.9 Å². The zero-order valence-corrected chi connectivity index (χ0v) is 22.6. The van der Waals surface area contributed by atoms with Gasteiger partial charge in [0.25, 0.3) is 5.91 Å². The van der Waals surface area contributed by atoms with E-state index in [1.807, 2.05) is 67.6 Å². The molecule has 3 aromatic rings. The van der Waals surface area contributed by atoms with E-state index in [0.717, 1.165) is 14.7 Å². The largest absolute Gasteiger partial charge is 0.490 e. The highest BCUT2D eigenvalue weighted by Gasteiger charge is 2.15. The summed E-state index contributed by atoms with van der Waals surface area (Å²) in [6.45, 7) is 9.14. The molecule has 0 heterocycles. The van der Waals surface area contributed by atoms with E-state index < -0.39 is 0 Å². The van der Waals surface area contributed by atoms with Crippen LogP contribution in [0.4, 0.5) is 0 Å². The minimum atomic E-state index is -0.267. The highest BCUT2D eigenvalue weighted by Crippen LogP contribution is 2.35. The number of ether oxygens (including phenoxy) is 2. The normalized spacial score (nSPS) is 11.5. The molecular weight excluding hydrogens is 563 g/mol. The molecule has 34 heavy (non-hydrogen) atoms. The van der Waals surface area contributed by atoms with Crippen LogP contribution in [0.2, 0.25) is 5.02 Å². The van der Waals surface area contributed by atoms with Gasteiger partial charge in [0, 0.05) is 16.1 Å². The van der Waals surface area contributed by atoms with Crippen molar-refractivity contribution in [3.63, 3.8) is 0 Å². The van der Waals surface area contributed by atoms with Crippen molar-refractivity contribution in [1.82, 2.24) is 5.43 Å². The van der Waals surface area contributed by atoms with Crippen molar-refractivity contribution in [3.8, 4) is 11.5 Å². The van der Waals surface area contributed by atoms with Crippen LogP contribution in [0, 0.1) is 3.57 Å². The zero-order chi connectivity index (χ0) is 24.7. The fraction of sp³-hybridized carbons (Fsp3) is 0.259. The Labute approximate surface area is 219 Å². The van der Waals surface area contributed by atoms with Crippen molar-refractivity contribution in [2.24, 2.45) is 5.10 Å². The maximum Gasteiger partial charge on any atom is 0.271 e. The summed E-state index contributed by atoms with van der Waals surface area (Å²) >= 11 is 8.45. The van der Waals surface area contributed by atoms with Crippen LogP contribution in [0.3, 0.4) is 0 Å². The molecule has 178 valence electrons. The Bertz CT molecular complexity index is 1170. The molecule has 1 N–H and O–H groups in total. The van der Waals surface area contributed by atoms with Gasteiger partial charge >= 0.3 is 0 Å². The maximum absolute atomic E-state index is 12.5. The summed E-state index contributed by atoms with van der Waals surface area (Å²) in [4.78, 5) is 12.5. The lowest BCUT2D eigenvalue weighted by atomic mass is 9.87. The predicted molar refractivity (Wildman–Crippen MR) is 146 cm³/mol. The number of hydrazone groups is 1. The summed E-state index contributed by atoms with van der Waals surface area (Å²) in [5.74, 6) is 0.977. The van der Waals surface area contributed by atoms with Crippen LogP contribution >= 0.6 is 34.2 Å². The first-order valence-electron chi connectivity index (χ1n) is 11.0. The van der Waals surface area contributed by atoms with E-state index >= 15 is 0 Å². The monoisotopic (exact) mass is 590 g/mol. The molecule has 0 saturated carbocycles. The topological polar surface area (TPSA) is 59.9 Å². The Balaban J connectivity index is 1.70.